The summed E-state index contributed by atoms with van der Waals surface area (Å²) in [6.07, 6.45) is 0.715. The first-order valence-corrected chi connectivity index (χ1v) is 12.4. The first-order chi connectivity index (χ1) is 16.9. The van der Waals surface area contributed by atoms with Crippen LogP contribution in [0.25, 0.3) is 22.4 Å². The van der Waals surface area contributed by atoms with Crippen molar-refractivity contribution in [2.75, 3.05) is 12.9 Å². The van der Waals surface area contributed by atoms with Crippen molar-refractivity contribution in [3.63, 3.8) is 0 Å². The summed E-state index contributed by atoms with van der Waals surface area (Å²) in [7, 11) is 1.31. The first-order valence-electron chi connectivity index (χ1n) is 11.5. The van der Waals surface area contributed by atoms with Crippen LogP contribution in [0.3, 0.4) is 0 Å². The van der Waals surface area contributed by atoms with Gasteiger partial charge in [-0.2, -0.15) is 5.26 Å². The van der Waals surface area contributed by atoms with Crippen LogP contribution in [0.2, 0.25) is 0 Å². The summed E-state index contributed by atoms with van der Waals surface area (Å²) >= 11 is 1.18. The molecule has 0 radical (unpaired) electrons. The van der Waals surface area contributed by atoms with Crippen LogP contribution in [0.1, 0.15) is 31.4 Å². The van der Waals surface area contributed by atoms with Gasteiger partial charge in [0.15, 0.2) is 0 Å². The van der Waals surface area contributed by atoms with Crippen LogP contribution in [0.4, 0.5) is 0 Å². The molecule has 3 rings (SSSR count). The molecule has 0 aliphatic rings. The summed E-state index contributed by atoms with van der Waals surface area (Å²) in [6, 6.07) is 21.2. The van der Waals surface area contributed by atoms with E-state index < -0.39 is 12.0 Å². The van der Waals surface area contributed by atoms with Gasteiger partial charge in [-0.15, -0.1) is 0 Å². The van der Waals surface area contributed by atoms with Gasteiger partial charge in [0.05, 0.1) is 24.1 Å². The van der Waals surface area contributed by atoms with Gasteiger partial charge in [-0.25, -0.2) is 9.78 Å². The Morgan fingerprint density at radius 1 is 1.11 bits per heavy atom. The predicted molar refractivity (Wildman–Crippen MR) is 139 cm³/mol. The Morgan fingerprint density at radius 3 is 2.40 bits per heavy atom. The normalized spacial score (nSPS) is 12.3. The van der Waals surface area contributed by atoms with Gasteiger partial charge in [-0.1, -0.05) is 92.2 Å². The third-order valence-electron chi connectivity index (χ3n) is 5.85. The number of aromatic nitrogens is 1. The number of nitrogens with one attached hydrogen (secondary N) is 1. The van der Waals surface area contributed by atoms with E-state index in [0.717, 1.165) is 27.9 Å². The monoisotopic (exact) mass is 487 g/mol. The minimum atomic E-state index is -0.722. The zero-order valence-electron chi connectivity index (χ0n) is 20.4. The van der Waals surface area contributed by atoms with Crippen molar-refractivity contribution in [1.82, 2.24) is 10.3 Å². The Bertz CT molecular complexity index is 1220. The number of ether oxygens (including phenoxy) is 1. The number of hydrogen-bond donors (Lipinski definition) is 1. The number of nitrogens with zero attached hydrogens (tertiary/aromatic N) is 2. The zero-order valence-corrected chi connectivity index (χ0v) is 21.2. The fourth-order valence-corrected chi connectivity index (χ4v) is 4.41. The average Bonchev–Trinajstić information content (AvgIpc) is 2.90. The third-order valence-corrected chi connectivity index (χ3v) is 6.83. The van der Waals surface area contributed by atoms with Crippen molar-refractivity contribution in [3.05, 3.63) is 71.8 Å². The van der Waals surface area contributed by atoms with Crippen molar-refractivity contribution in [1.29, 1.82) is 5.26 Å². The second kappa shape index (κ2) is 12.2. The summed E-state index contributed by atoms with van der Waals surface area (Å²) in [5.74, 6) is -0.851. The molecule has 0 saturated carbocycles. The van der Waals surface area contributed by atoms with Crippen LogP contribution < -0.4 is 5.32 Å². The minimum absolute atomic E-state index is 0.0111. The first kappa shape index (κ1) is 26.0. The van der Waals surface area contributed by atoms with Crippen LogP contribution in [0.15, 0.2) is 65.7 Å². The Kier molecular flexibility index (Phi) is 9.04. The van der Waals surface area contributed by atoms with E-state index in [1.165, 1.54) is 18.9 Å². The van der Waals surface area contributed by atoms with E-state index in [4.69, 9.17) is 9.72 Å². The molecule has 2 atom stereocenters. The maximum absolute atomic E-state index is 12.8. The molecule has 0 bridgehead atoms. The molecule has 1 aromatic heterocycles. The molecule has 35 heavy (non-hydrogen) atoms. The SMILES string of the molecule is CC[C@H](C)[C@H](NC(=O)CSc1nc(-c2ccccc2)cc(-c2ccc(C)cc2)c1C#N)C(=O)OC. The van der Waals surface area contributed by atoms with Crippen LogP contribution in [-0.2, 0) is 14.3 Å². The number of aryl methyl sites for hydroxylation is 1. The highest BCUT2D eigenvalue weighted by Crippen LogP contribution is 2.34. The molecular formula is C28H29N3O3S. The molecule has 1 N–H and O–H groups in total. The van der Waals surface area contributed by atoms with E-state index in [1.807, 2.05) is 81.4 Å². The fourth-order valence-electron chi connectivity index (χ4n) is 3.60. The van der Waals surface area contributed by atoms with Gasteiger partial charge in [0.2, 0.25) is 5.91 Å². The number of carbonyl (C=O) groups is 2. The summed E-state index contributed by atoms with van der Waals surface area (Å²) < 4.78 is 4.86. The maximum atomic E-state index is 12.8. The summed E-state index contributed by atoms with van der Waals surface area (Å²) in [5.41, 5.74) is 4.83. The second-order valence-electron chi connectivity index (χ2n) is 8.32. The topological polar surface area (TPSA) is 92.1 Å². The summed E-state index contributed by atoms with van der Waals surface area (Å²) in [6.45, 7) is 5.85. The highest BCUT2D eigenvalue weighted by Gasteiger charge is 2.27. The number of carbonyl (C=O) groups excluding carboxylic acids is 2. The lowest BCUT2D eigenvalue weighted by Gasteiger charge is -2.21. The van der Waals surface area contributed by atoms with Gasteiger partial charge in [0.25, 0.3) is 0 Å². The van der Waals surface area contributed by atoms with Crippen molar-refractivity contribution in [3.8, 4) is 28.5 Å². The van der Waals surface area contributed by atoms with Crippen LogP contribution in [0.5, 0.6) is 0 Å². The number of rotatable bonds is 9. The second-order valence-corrected chi connectivity index (χ2v) is 9.29. The van der Waals surface area contributed by atoms with Crippen molar-refractivity contribution < 1.29 is 14.3 Å². The van der Waals surface area contributed by atoms with Gasteiger partial charge < -0.3 is 10.1 Å². The highest BCUT2D eigenvalue weighted by molar-refractivity contribution is 8.00. The lowest BCUT2D eigenvalue weighted by Crippen LogP contribution is -2.46. The van der Waals surface area contributed by atoms with Gasteiger partial charge in [0.1, 0.15) is 17.1 Å². The van der Waals surface area contributed by atoms with Gasteiger partial charge in [-0.05, 0) is 24.5 Å². The Morgan fingerprint density at radius 2 is 1.80 bits per heavy atom. The molecule has 180 valence electrons. The summed E-state index contributed by atoms with van der Waals surface area (Å²) in [4.78, 5) is 29.7. The van der Waals surface area contributed by atoms with E-state index in [0.29, 0.717) is 17.0 Å². The number of pyridine rings is 1. The predicted octanol–water partition coefficient (Wildman–Crippen LogP) is 5.39. The van der Waals surface area contributed by atoms with E-state index in [1.54, 1.807) is 0 Å². The maximum Gasteiger partial charge on any atom is 0.328 e. The molecule has 2 aromatic carbocycles. The molecule has 0 spiro atoms. The molecule has 0 unspecified atom stereocenters. The van der Waals surface area contributed by atoms with Crippen molar-refractivity contribution in [2.24, 2.45) is 5.92 Å². The molecule has 7 heteroatoms. The van der Waals surface area contributed by atoms with Gasteiger partial charge in [-0.3, -0.25) is 4.79 Å². The third kappa shape index (κ3) is 6.49. The van der Waals surface area contributed by atoms with Crippen molar-refractivity contribution in [2.45, 2.75) is 38.3 Å². The van der Waals surface area contributed by atoms with Crippen LogP contribution in [0, 0.1) is 24.2 Å². The Hall–Kier alpha value is -3.63. The number of nitriles is 1. The van der Waals surface area contributed by atoms with E-state index in [-0.39, 0.29) is 17.6 Å². The molecule has 1 amide bonds. The molecular weight excluding hydrogens is 458 g/mol. The minimum Gasteiger partial charge on any atom is -0.467 e. The number of hydrogen-bond acceptors (Lipinski definition) is 6. The van der Waals surface area contributed by atoms with E-state index in [9.17, 15) is 14.9 Å². The molecule has 3 aromatic rings. The van der Waals surface area contributed by atoms with Gasteiger partial charge >= 0.3 is 5.97 Å². The molecule has 1 heterocycles. The number of amides is 1. The number of thioether (sulfide) groups is 1. The van der Waals surface area contributed by atoms with Crippen molar-refractivity contribution >= 4 is 23.6 Å². The van der Waals surface area contributed by atoms with E-state index in [2.05, 4.69) is 11.4 Å². The lowest BCUT2D eigenvalue weighted by molar-refractivity contribution is -0.146. The molecule has 0 aliphatic heterocycles. The molecule has 0 fully saturated rings. The molecule has 0 aliphatic carbocycles. The standard InChI is InChI=1S/C28H29N3O3S/c1-5-19(3)26(28(33)34-4)31-25(32)17-35-27-23(16-29)22(20-13-11-18(2)12-14-20)15-24(30-27)21-9-7-6-8-10-21/h6-15,19,26H,5,17H2,1-4H3,(H,31,32)/t19-,26-/m0/s1. The quantitative estimate of drug-likeness (QED) is 0.321. The number of methoxy groups -OCH3 is 1. The molecule has 0 saturated heterocycles. The Labute approximate surface area is 210 Å². The fraction of sp³-hybridized carbons (Fsp3) is 0.286. The smallest absolute Gasteiger partial charge is 0.328 e. The average molecular weight is 488 g/mol. The van der Waals surface area contributed by atoms with E-state index >= 15 is 0 Å². The summed E-state index contributed by atoms with van der Waals surface area (Å²) in [5, 5.41) is 13.3. The number of esters is 1. The highest BCUT2D eigenvalue weighted by atomic mass is 32.2. The Balaban J connectivity index is 1.95. The van der Waals surface area contributed by atoms with Gasteiger partial charge in [0, 0.05) is 11.1 Å². The molecule has 6 nitrogen and oxygen atoms in total. The lowest BCUT2D eigenvalue weighted by atomic mass is 9.98. The van der Waals surface area contributed by atoms with Crippen LogP contribution >= 0.6 is 11.8 Å². The number of benzene rings is 2. The largest absolute Gasteiger partial charge is 0.467 e. The van der Waals surface area contributed by atoms with Crippen LogP contribution in [-0.4, -0.2) is 35.8 Å². The zero-order chi connectivity index (χ0) is 25.4.